The molecule has 2 saturated heterocycles. The quantitative estimate of drug-likeness (QED) is 0.236. The number of aromatic nitrogens is 6. The Morgan fingerprint density at radius 3 is 2.68 bits per heavy atom. The van der Waals surface area contributed by atoms with Gasteiger partial charge in [0.1, 0.15) is 5.69 Å². The molecule has 0 unspecified atom stereocenters. The Labute approximate surface area is 261 Å². The second kappa shape index (κ2) is 11.5. The SMILES string of the molecule is C=CC(=O)N1CCC(n2nc(-c3ccc4c(cnn4CCN4CC(OC)C4)c3)c(-c3c(Cl)c(C)cc4[nH]ncc34)c2C)CC1. The second-order valence-corrected chi connectivity index (χ2v) is 12.4. The highest BCUT2D eigenvalue weighted by Crippen LogP contribution is 2.44. The first-order valence-electron chi connectivity index (χ1n) is 15.2. The Morgan fingerprint density at radius 1 is 1.14 bits per heavy atom. The standard InChI is InChI=1S/C33H37ClN8O2/c1-5-29(43)40-10-8-24(9-11-40)42-21(3)30(31-26-17-35-37-27(26)14-20(2)32(31)34)33(38-42)22-6-7-28-23(15-22)16-36-41(28)13-12-39-18-25(19-39)44-4/h5-7,14-17,24-25H,1,8-13,18-19H2,2-4H3,(H,35,37). The number of ether oxygens (including phenoxy) is 1. The Kier molecular flexibility index (Phi) is 7.52. The zero-order chi connectivity index (χ0) is 30.5. The van der Waals surface area contributed by atoms with E-state index < -0.39 is 0 Å². The van der Waals surface area contributed by atoms with E-state index in [0.717, 1.165) is 94.5 Å². The molecule has 2 fully saturated rings. The van der Waals surface area contributed by atoms with Crippen LogP contribution in [0.2, 0.25) is 5.02 Å². The Bertz CT molecular complexity index is 1870. The summed E-state index contributed by atoms with van der Waals surface area (Å²) in [5, 5.41) is 20.2. The van der Waals surface area contributed by atoms with Crippen molar-refractivity contribution in [1.29, 1.82) is 0 Å². The Morgan fingerprint density at radius 2 is 1.93 bits per heavy atom. The lowest BCUT2D eigenvalue weighted by Crippen LogP contribution is -2.52. The molecule has 1 N–H and O–H groups in total. The van der Waals surface area contributed by atoms with Gasteiger partial charge in [0, 0.05) is 73.0 Å². The Balaban J connectivity index is 1.29. The normalized spacial score (nSPS) is 16.7. The molecule has 44 heavy (non-hydrogen) atoms. The minimum atomic E-state index is -0.0196. The van der Waals surface area contributed by atoms with E-state index in [1.807, 2.05) is 30.3 Å². The van der Waals surface area contributed by atoms with Gasteiger partial charge in [-0.2, -0.15) is 15.3 Å². The molecule has 11 heteroatoms. The van der Waals surface area contributed by atoms with Crippen LogP contribution in [0.15, 0.2) is 49.3 Å². The number of carbonyl (C=O) groups is 1. The summed E-state index contributed by atoms with van der Waals surface area (Å²) in [6, 6.07) is 8.67. The van der Waals surface area contributed by atoms with Crippen LogP contribution in [0.4, 0.5) is 0 Å². The highest BCUT2D eigenvalue weighted by atomic mass is 35.5. The molecule has 0 saturated carbocycles. The van der Waals surface area contributed by atoms with Gasteiger partial charge in [-0.05, 0) is 56.5 Å². The van der Waals surface area contributed by atoms with Crippen molar-refractivity contribution in [1.82, 2.24) is 39.6 Å². The van der Waals surface area contributed by atoms with Crippen LogP contribution >= 0.6 is 11.6 Å². The van der Waals surface area contributed by atoms with E-state index in [9.17, 15) is 4.79 Å². The summed E-state index contributed by atoms with van der Waals surface area (Å²) >= 11 is 7.10. The third-order valence-electron chi connectivity index (χ3n) is 9.36. The number of hydrogen-bond donors (Lipinski definition) is 1. The maximum Gasteiger partial charge on any atom is 0.245 e. The second-order valence-electron chi connectivity index (χ2n) is 12.0. The number of nitrogens with one attached hydrogen (secondary N) is 1. The molecule has 228 valence electrons. The smallest absolute Gasteiger partial charge is 0.245 e. The van der Waals surface area contributed by atoms with Crippen molar-refractivity contribution in [2.24, 2.45) is 0 Å². The number of nitrogens with zero attached hydrogens (tertiary/aromatic N) is 7. The van der Waals surface area contributed by atoms with Gasteiger partial charge in [-0.25, -0.2) is 0 Å². The molecule has 5 heterocycles. The summed E-state index contributed by atoms with van der Waals surface area (Å²) in [7, 11) is 1.77. The van der Waals surface area contributed by atoms with Gasteiger partial charge in [0.25, 0.3) is 0 Å². The van der Waals surface area contributed by atoms with Crippen LogP contribution in [-0.4, -0.2) is 91.4 Å². The monoisotopic (exact) mass is 612 g/mol. The number of fused-ring (bicyclic) bond motifs is 2. The average Bonchev–Trinajstić information content (AvgIpc) is 3.74. The fourth-order valence-corrected chi connectivity index (χ4v) is 7.03. The first-order valence-corrected chi connectivity index (χ1v) is 15.6. The van der Waals surface area contributed by atoms with Crippen LogP contribution in [0.5, 0.6) is 0 Å². The van der Waals surface area contributed by atoms with Crippen LogP contribution in [-0.2, 0) is 16.1 Å². The number of benzene rings is 2. The van der Waals surface area contributed by atoms with Crippen molar-refractivity contribution in [3.05, 3.63) is 65.6 Å². The molecular formula is C33H37ClN8O2. The van der Waals surface area contributed by atoms with Crippen LogP contribution in [0.3, 0.4) is 0 Å². The molecule has 0 bridgehead atoms. The fourth-order valence-electron chi connectivity index (χ4n) is 6.78. The zero-order valence-electron chi connectivity index (χ0n) is 25.4. The summed E-state index contributed by atoms with van der Waals surface area (Å²) in [6.45, 7) is 12.9. The maximum atomic E-state index is 12.2. The van der Waals surface area contributed by atoms with Crippen molar-refractivity contribution in [3.8, 4) is 22.4 Å². The van der Waals surface area contributed by atoms with Crippen LogP contribution in [0.1, 0.15) is 30.1 Å². The van der Waals surface area contributed by atoms with E-state index in [1.165, 1.54) is 6.08 Å². The van der Waals surface area contributed by atoms with Crippen LogP contribution in [0.25, 0.3) is 44.2 Å². The molecule has 0 atom stereocenters. The highest BCUT2D eigenvalue weighted by molar-refractivity contribution is 6.36. The van der Waals surface area contributed by atoms with E-state index in [2.05, 4.69) is 56.2 Å². The number of aryl methyl sites for hydroxylation is 1. The molecular weight excluding hydrogens is 576 g/mol. The predicted octanol–water partition coefficient (Wildman–Crippen LogP) is 5.39. The minimum absolute atomic E-state index is 0.0196. The van der Waals surface area contributed by atoms with Gasteiger partial charge in [-0.3, -0.25) is 24.2 Å². The molecule has 2 aromatic carbocycles. The average molecular weight is 613 g/mol. The van der Waals surface area contributed by atoms with Gasteiger partial charge in [-0.1, -0.05) is 24.2 Å². The predicted molar refractivity (Wildman–Crippen MR) is 173 cm³/mol. The van der Waals surface area contributed by atoms with Gasteiger partial charge in [0.15, 0.2) is 0 Å². The Hall–Kier alpha value is -3.99. The molecule has 0 spiro atoms. The summed E-state index contributed by atoms with van der Waals surface area (Å²) in [6.07, 6.45) is 7.16. The largest absolute Gasteiger partial charge is 0.379 e. The third-order valence-corrected chi connectivity index (χ3v) is 9.85. The van der Waals surface area contributed by atoms with Crippen LogP contribution in [0, 0.1) is 13.8 Å². The number of carbonyl (C=O) groups excluding carboxylic acids is 1. The lowest BCUT2D eigenvalue weighted by atomic mass is 9.94. The number of halogens is 1. The molecule has 1 amide bonds. The number of hydrogen-bond acceptors (Lipinski definition) is 6. The fraction of sp³-hybridized carbons (Fsp3) is 0.394. The van der Waals surface area contributed by atoms with E-state index in [0.29, 0.717) is 24.2 Å². The topological polar surface area (TPSA) is 97.1 Å². The number of rotatable bonds is 8. The van der Waals surface area contributed by atoms with E-state index in [1.54, 1.807) is 7.11 Å². The summed E-state index contributed by atoms with van der Waals surface area (Å²) in [5.74, 6) is -0.0196. The maximum absolute atomic E-state index is 12.2. The number of likely N-dealkylation sites (tertiary alicyclic amines) is 2. The first kappa shape index (κ1) is 28.8. The molecule has 0 aliphatic carbocycles. The van der Waals surface area contributed by atoms with Gasteiger partial charge in [0.2, 0.25) is 5.91 Å². The van der Waals surface area contributed by atoms with Crippen LogP contribution < -0.4 is 0 Å². The third kappa shape index (κ3) is 4.91. The minimum Gasteiger partial charge on any atom is -0.379 e. The lowest BCUT2D eigenvalue weighted by Gasteiger charge is -2.38. The number of amides is 1. The molecule has 2 aliphatic heterocycles. The molecule has 7 rings (SSSR count). The van der Waals surface area contributed by atoms with E-state index in [-0.39, 0.29) is 11.9 Å². The van der Waals surface area contributed by atoms with Crippen molar-refractivity contribution >= 4 is 39.3 Å². The number of methoxy groups -OCH3 is 1. The van der Waals surface area contributed by atoms with Gasteiger partial charge in [-0.15, -0.1) is 0 Å². The summed E-state index contributed by atoms with van der Waals surface area (Å²) in [4.78, 5) is 16.5. The molecule has 0 radical (unpaired) electrons. The van der Waals surface area contributed by atoms with Crippen molar-refractivity contribution in [3.63, 3.8) is 0 Å². The van der Waals surface area contributed by atoms with Gasteiger partial charge in [0.05, 0.1) is 47.1 Å². The van der Waals surface area contributed by atoms with E-state index >= 15 is 0 Å². The van der Waals surface area contributed by atoms with Gasteiger partial charge < -0.3 is 9.64 Å². The molecule has 2 aliphatic rings. The summed E-state index contributed by atoms with van der Waals surface area (Å²) in [5.41, 5.74) is 7.88. The van der Waals surface area contributed by atoms with Crippen molar-refractivity contribution in [2.75, 3.05) is 39.8 Å². The first-order chi connectivity index (χ1) is 21.4. The van der Waals surface area contributed by atoms with E-state index in [4.69, 9.17) is 26.5 Å². The summed E-state index contributed by atoms with van der Waals surface area (Å²) < 4.78 is 9.65. The van der Waals surface area contributed by atoms with Crippen molar-refractivity contribution in [2.45, 2.75) is 45.4 Å². The van der Waals surface area contributed by atoms with Crippen molar-refractivity contribution < 1.29 is 9.53 Å². The number of piperidine rings is 1. The molecule has 3 aromatic heterocycles. The number of H-pyrrole nitrogens is 1. The highest BCUT2D eigenvalue weighted by Gasteiger charge is 2.30. The van der Waals surface area contributed by atoms with Gasteiger partial charge >= 0.3 is 0 Å². The lowest BCUT2D eigenvalue weighted by molar-refractivity contribution is -0.127. The number of aromatic amines is 1. The molecule has 5 aromatic rings. The molecule has 10 nitrogen and oxygen atoms in total. The zero-order valence-corrected chi connectivity index (χ0v) is 26.1.